The lowest BCUT2D eigenvalue weighted by atomic mass is 10.1. The van der Waals surface area contributed by atoms with Crippen molar-refractivity contribution in [1.82, 2.24) is 19.6 Å². The Hall–Kier alpha value is -3.87. The smallest absolute Gasteiger partial charge is 0.306 e. The third-order valence-electron chi connectivity index (χ3n) is 4.81. The second-order valence-corrected chi connectivity index (χ2v) is 6.82. The van der Waals surface area contributed by atoms with Gasteiger partial charge in [0.2, 0.25) is 0 Å². The van der Waals surface area contributed by atoms with Gasteiger partial charge in [-0.25, -0.2) is 13.9 Å². The molecule has 10 heteroatoms. The molecule has 0 aliphatic carbocycles. The number of aromatic nitrogens is 4. The van der Waals surface area contributed by atoms with Crippen molar-refractivity contribution in [1.29, 1.82) is 5.26 Å². The van der Waals surface area contributed by atoms with Crippen LogP contribution in [0.25, 0.3) is 5.78 Å². The fourth-order valence-electron chi connectivity index (χ4n) is 3.22. The summed E-state index contributed by atoms with van der Waals surface area (Å²) in [5.74, 6) is -0.976. The van der Waals surface area contributed by atoms with E-state index in [1.54, 1.807) is 4.52 Å². The number of carbonyl (C=O) groups is 2. The summed E-state index contributed by atoms with van der Waals surface area (Å²) in [5.41, 5.74) is 2.88. The van der Waals surface area contributed by atoms with Crippen LogP contribution in [0.15, 0.2) is 30.6 Å². The molecule has 0 spiro atoms. The number of carbonyl (C=O) groups excluding carboxylic acids is 2. The summed E-state index contributed by atoms with van der Waals surface area (Å²) in [6.45, 7) is 3.35. The van der Waals surface area contributed by atoms with Crippen LogP contribution in [-0.2, 0) is 20.7 Å². The quantitative estimate of drug-likeness (QED) is 0.510. The Kier molecular flexibility index (Phi) is 6.87. The maximum Gasteiger partial charge on any atom is 0.306 e. The molecule has 0 atom stereocenters. The summed E-state index contributed by atoms with van der Waals surface area (Å²) in [6.07, 6.45) is 1.94. The van der Waals surface area contributed by atoms with Crippen molar-refractivity contribution in [2.75, 3.05) is 18.1 Å². The van der Waals surface area contributed by atoms with Gasteiger partial charge in [-0.3, -0.25) is 9.59 Å². The van der Waals surface area contributed by atoms with Gasteiger partial charge in [0.05, 0.1) is 12.5 Å². The fraction of sp³-hybridized carbons (Fsp3) is 0.333. The van der Waals surface area contributed by atoms with Crippen LogP contribution in [0.2, 0.25) is 0 Å². The number of aryl methyl sites for hydroxylation is 2. The molecule has 0 saturated carbocycles. The summed E-state index contributed by atoms with van der Waals surface area (Å²) in [4.78, 5) is 34.5. The van der Waals surface area contributed by atoms with E-state index in [9.17, 15) is 14.0 Å². The van der Waals surface area contributed by atoms with E-state index in [1.807, 2.05) is 19.9 Å². The molecule has 0 aliphatic heterocycles. The predicted molar refractivity (Wildman–Crippen MR) is 109 cm³/mol. The second kappa shape index (κ2) is 9.75. The Bertz CT molecular complexity index is 1140. The minimum atomic E-state index is -0.537. The minimum absolute atomic E-state index is 0.0611. The van der Waals surface area contributed by atoms with Gasteiger partial charge in [0.1, 0.15) is 12.1 Å². The molecule has 31 heavy (non-hydrogen) atoms. The number of hydrogen-bond donors (Lipinski definition) is 0. The van der Waals surface area contributed by atoms with Crippen LogP contribution in [0.4, 0.5) is 10.1 Å². The van der Waals surface area contributed by atoms with E-state index >= 15 is 0 Å². The Morgan fingerprint density at radius 2 is 2.00 bits per heavy atom. The van der Waals surface area contributed by atoms with Crippen molar-refractivity contribution in [2.45, 2.75) is 33.1 Å². The lowest BCUT2D eigenvalue weighted by Crippen LogP contribution is -2.35. The average molecular weight is 424 g/mol. The van der Waals surface area contributed by atoms with Crippen LogP contribution in [-0.4, -0.2) is 44.6 Å². The first kappa shape index (κ1) is 21.8. The largest absolute Gasteiger partial charge is 0.456 e. The molecule has 9 nitrogen and oxygen atoms in total. The van der Waals surface area contributed by atoms with Crippen molar-refractivity contribution < 1.29 is 18.7 Å². The van der Waals surface area contributed by atoms with Gasteiger partial charge in [0.25, 0.3) is 11.7 Å². The average Bonchev–Trinajstić information content (AvgIpc) is 3.22. The van der Waals surface area contributed by atoms with Crippen molar-refractivity contribution >= 4 is 23.3 Å². The topological polar surface area (TPSA) is 113 Å². The zero-order valence-electron chi connectivity index (χ0n) is 17.2. The first-order valence-corrected chi connectivity index (χ1v) is 9.65. The number of esters is 1. The summed E-state index contributed by atoms with van der Waals surface area (Å²) in [7, 11) is 0. The van der Waals surface area contributed by atoms with Gasteiger partial charge < -0.3 is 9.64 Å². The van der Waals surface area contributed by atoms with Crippen LogP contribution < -0.4 is 4.90 Å². The fourth-order valence-corrected chi connectivity index (χ4v) is 3.22. The number of nitriles is 1. The maximum absolute atomic E-state index is 13.2. The number of ether oxygens (including phenoxy) is 1. The lowest BCUT2D eigenvalue weighted by molar-refractivity contribution is -0.147. The number of halogens is 1. The van der Waals surface area contributed by atoms with Gasteiger partial charge in [-0.2, -0.15) is 15.3 Å². The molecule has 1 aromatic carbocycles. The van der Waals surface area contributed by atoms with Gasteiger partial charge in [-0.1, -0.05) is 0 Å². The van der Waals surface area contributed by atoms with E-state index in [2.05, 4.69) is 15.1 Å². The number of rotatable bonds is 8. The monoisotopic (exact) mass is 424 g/mol. The standard InChI is InChI=1S/C21H21FN6O3/c1-14-18(15(2)28-21(26-14)24-13-25-28)8-9-20(30)31-12-19(29)27(11-3-10-23)17-6-4-16(22)5-7-17/h4-7,13H,3,8-9,11-12H2,1-2H3. The normalized spacial score (nSPS) is 10.6. The number of hydrogen-bond acceptors (Lipinski definition) is 7. The summed E-state index contributed by atoms with van der Waals surface area (Å²) in [6, 6.07) is 7.28. The molecule has 2 aromatic heterocycles. The van der Waals surface area contributed by atoms with E-state index in [0.29, 0.717) is 17.9 Å². The summed E-state index contributed by atoms with van der Waals surface area (Å²) >= 11 is 0. The highest BCUT2D eigenvalue weighted by atomic mass is 19.1. The molecule has 3 rings (SSSR count). The Morgan fingerprint density at radius 3 is 2.71 bits per heavy atom. The van der Waals surface area contributed by atoms with E-state index in [-0.39, 0.29) is 19.4 Å². The third kappa shape index (κ3) is 5.19. The number of anilines is 1. The molecule has 1 amide bonds. The summed E-state index contributed by atoms with van der Waals surface area (Å²) in [5, 5.41) is 12.9. The molecule has 0 saturated heterocycles. The van der Waals surface area contributed by atoms with Crippen LogP contribution in [0, 0.1) is 31.0 Å². The molecule has 3 aromatic rings. The molecular formula is C21H21FN6O3. The van der Waals surface area contributed by atoms with Crippen molar-refractivity contribution in [3.8, 4) is 6.07 Å². The van der Waals surface area contributed by atoms with Crippen molar-refractivity contribution in [2.24, 2.45) is 0 Å². The third-order valence-corrected chi connectivity index (χ3v) is 4.81. The lowest BCUT2D eigenvalue weighted by Gasteiger charge is -2.21. The first-order chi connectivity index (χ1) is 14.9. The van der Waals surface area contributed by atoms with Crippen LogP contribution in [0.1, 0.15) is 29.8 Å². The highest BCUT2D eigenvalue weighted by molar-refractivity contribution is 5.95. The molecule has 0 unspecified atom stereocenters. The molecule has 160 valence electrons. The van der Waals surface area contributed by atoms with Crippen LogP contribution >= 0.6 is 0 Å². The maximum atomic E-state index is 13.2. The van der Waals surface area contributed by atoms with Gasteiger partial charge in [0.15, 0.2) is 6.61 Å². The SMILES string of the molecule is Cc1nc2ncnn2c(C)c1CCC(=O)OCC(=O)N(CCC#N)c1ccc(F)cc1. The Morgan fingerprint density at radius 1 is 1.26 bits per heavy atom. The van der Waals surface area contributed by atoms with Crippen molar-refractivity contribution in [3.05, 3.63) is 53.4 Å². The zero-order valence-corrected chi connectivity index (χ0v) is 17.2. The van der Waals surface area contributed by atoms with E-state index in [4.69, 9.17) is 10.00 Å². The van der Waals surface area contributed by atoms with Gasteiger partial charge >= 0.3 is 5.97 Å². The number of amides is 1. The highest BCUT2D eigenvalue weighted by Gasteiger charge is 2.18. The molecule has 0 radical (unpaired) electrons. The Labute approximate surface area is 178 Å². The molecule has 0 N–H and O–H groups in total. The predicted octanol–water partition coefficient (Wildman–Crippen LogP) is 2.30. The summed E-state index contributed by atoms with van der Waals surface area (Å²) < 4.78 is 19.9. The van der Waals surface area contributed by atoms with Gasteiger partial charge in [0, 0.05) is 30.0 Å². The van der Waals surface area contributed by atoms with E-state index in [1.165, 1.54) is 35.5 Å². The molecule has 2 heterocycles. The van der Waals surface area contributed by atoms with E-state index in [0.717, 1.165) is 17.0 Å². The zero-order chi connectivity index (χ0) is 22.4. The highest BCUT2D eigenvalue weighted by Crippen LogP contribution is 2.17. The molecule has 0 bridgehead atoms. The van der Waals surface area contributed by atoms with Crippen LogP contribution in [0.3, 0.4) is 0 Å². The van der Waals surface area contributed by atoms with Gasteiger partial charge in [-0.15, -0.1) is 0 Å². The molecule has 0 aliphatic rings. The second-order valence-electron chi connectivity index (χ2n) is 6.82. The number of fused-ring (bicyclic) bond motifs is 1. The van der Waals surface area contributed by atoms with E-state index < -0.39 is 24.3 Å². The first-order valence-electron chi connectivity index (χ1n) is 9.65. The molecular weight excluding hydrogens is 403 g/mol. The van der Waals surface area contributed by atoms with Gasteiger partial charge in [-0.05, 0) is 50.1 Å². The van der Waals surface area contributed by atoms with Crippen molar-refractivity contribution in [3.63, 3.8) is 0 Å². The number of nitrogens with zero attached hydrogens (tertiary/aromatic N) is 6. The number of benzene rings is 1. The Balaban J connectivity index is 1.59. The van der Waals surface area contributed by atoms with Crippen LogP contribution in [0.5, 0.6) is 0 Å². The minimum Gasteiger partial charge on any atom is -0.456 e. The molecule has 0 fully saturated rings.